The van der Waals surface area contributed by atoms with Crippen molar-refractivity contribution in [2.75, 3.05) is 7.11 Å². The standard InChI is InChI=1S/C7H9ClOSi/c1-9-6-3-2-5(8)4-7(6)10/h2-4H,1,10H3. The first-order chi connectivity index (χ1) is 4.74. The van der Waals surface area contributed by atoms with E-state index in [9.17, 15) is 0 Å². The quantitative estimate of drug-likeness (QED) is 0.556. The van der Waals surface area contributed by atoms with E-state index in [1.54, 1.807) is 7.11 Å². The van der Waals surface area contributed by atoms with Crippen LogP contribution in [0.4, 0.5) is 0 Å². The molecule has 0 bridgehead atoms. The molecule has 0 aromatic heterocycles. The fourth-order valence-corrected chi connectivity index (χ4v) is 1.93. The molecule has 0 N–H and O–H groups in total. The first kappa shape index (κ1) is 7.63. The largest absolute Gasteiger partial charge is 0.497 e. The van der Waals surface area contributed by atoms with Gasteiger partial charge in [0.25, 0.3) is 0 Å². The maximum absolute atomic E-state index is 5.74. The first-order valence-corrected chi connectivity index (χ1v) is 4.42. The summed E-state index contributed by atoms with van der Waals surface area (Å²) in [7, 11) is 2.65. The summed E-state index contributed by atoms with van der Waals surface area (Å²) in [4.78, 5) is 0. The fraction of sp³-hybridized carbons (Fsp3) is 0.143. The fourth-order valence-electron chi connectivity index (χ4n) is 0.842. The zero-order valence-electron chi connectivity index (χ0n) is 6.02. The summed E-state index contributed by atoms with van der Waals surface area (Å²) in [5, 5.41) is 1.99. The number of halogens is 1. The topological polar surface area (TPSA) is 9.23 Å². The third kappa shape index (κ3) is 1.52. The van der Waals surface area contributed by atoms with Gasteiger partial charge >= 0.3 is 0 Å². The van der Waals surface area contributed by atoms with Crippen molar-refractivity contribution >= 4 is 27.0 Å². The average Bonchev–Trinajstić information content (AvgIpc) is 1.88. The molecule has 0 radical (unpaired) electrons. The number of methoxy groups -OCH3 is 1. The molecular weight excluding hydrogens is 164 g/mol. The normalized spacial score (nSPS) is 9.80. The van der Waals surface area contributed by atoms with Crippen LogP contribution in [0.25, 0.3) is 0 Å². The Bertz CT molecular complexity index is 237. The van der Waals surface area contributed by atoms with E-state index in [4.69, 9.17) is 16.3 Å². The molecule has 0 aliphatic heterocycles. The van der Waals surface area contributed by atoms with E-state index in [2.05, 4.69) is 0 Å². The maximum atomic E-state index is 5.74. The Labute approximate surface area is 68.4 Å². The summed E-state index contributed by atoms with van der Waals surface area (Å²) in [6, 6.07) is 5.67. The first-order valence-electron chi connectivity index (χ1n) is 3.04. The van der Waals surface area contributed by atoms with Crippen LogP contribution in [0.3, 0.4) is 0 Å². The van der Waals surface area contributed by atoms with Gasteiger partial charge < -0.3 is 4.74 Å². The summed E-state index contributed by atoms with van der Waals surface area (Å²) >= 11 is 5.74. The Morgan fingerprint density at radius 1 is 1.50 bits per heavy atom. The van der Waals surface area contributed by atoms with Gasteiger partial charge in [-0.3, -0.25) is 0 Å². The van der Waals surface area contributed by atoms with Crippen LogP contribution in [0, 0.1) is 0 Å². The Kier molecular flexibility index (Phi) is 2.35. The molecule has 0 atom stereocenters. The van der Waals surface area contributed by atoms with Crippen LogP contribution in [0.15, 0.2) is 18.2 Å². The van der Waals surface area contributed by atoms with E-state index in [0.717, 1.165) is 21.0 Å². The van der Waals surface area contributed by atoms with Crippen molar-refractivity contribution < 1.29 is 4.74 Å². The van der Waals surface area contributed by atoms with Gasteiger partial charge in [0.05, 0.1) is 7.11 Å². The molecule has 0 spiro atoms. The van der Waals surface area contributed by atoms with Gasteiger partial charge in [-0.15, -0.1) is 0 Å². The molecule has 0 amide bonds. The highest BCUT2D eigenvalue weighted by molar-refractivity contribution is 6.37. The van der Waals surface area contributed by atoms with Gasteiger partial charge in [-0.05, 0) is 23.4 Å². The van der Waals surface area contributed by atoms with Gasteiger partial charge in [0.1, 0.15) is 5.75 Å². The zero-order chi connectivity index (χ0) is 7.56. The van der Waals surface area contributed by atoms with Gasteiger partial charge in [0.2, 0.25) is 0 Å². The van der Waals surface area contributed by atoms with Crippen LogP contribution < -0.4 is 9.92 Å². The zero-order valence-corrected chi connectivity index (χ0v) is 8.77. The highest BCUT2D eigenvalue weighted by Crippen LogP contribution is 2.11. The average molecular weight is 173 g/mol. The van der Waals surface area contributed by atoms with Gasteiger partial charge in [-0.1, -0.05) is 11.6 Å². The molecule has 54 valence electrons. The number of hydrogen-bond acceptors (Lipinski definition) is 1. The summed E-state index contributed by atoms with van der Waals surface area (Å²) in [5.74, 6) is 0.941. The molecular formula is C7H9ClOSi. The Balaban J connectivity index is 3.07. The molecule has 0 saturated carbocycles. The minimum Gasteiger partial charge on any atom is -0.497 e. The van der Waals surface area contributed by atoms with Gasteiger partial charge in [-0.2, -0.15) is 0 Å². The van der Waals surface area contributed by atoms with Crippen molar-refractivity contribution in [1.82, 2.24) is 0 Å². The monoisotopic (exact) mass is 172 g/mol. The van der Waals surface area contributed by atoms with E-state index in [1.807, 2.05) is 18.2 Å². The van der Waals surface area contributed by atoms with E-state index in [-0.39, 0.29) is 0 Å². The van der Waals surface area contributed by atoms with Crippen molar-refractivity contribution in [3.63, 3.8) is 0 Å². The van der Waals surface area contributed by atoms with Crippen LogP contribution in [-0.4, -0.2) is 17.4 Å². The summed E-state index contributed by atoms with van der Waals surface area (Å²) in [6.07, 6.45) is 0. The molecule has 1 aromatic carbocycles. The lowest BCUT2D eigenvalue weighted by molar-refractivity contribution is 0.418. The highest BCUT2D eigenvalue weighted by atomic mass is 35.5. The van der Waals surface area contributed by atoms with Crippen molar-refractivity contribution in [2.24, 2.45) is 0 Å². The number of ether oxygens (including phenoxy) is 1. The van der Waals surface area contributed by atoms with Crippen molar-refractivity contribution in [1.29, 1.82) is 0 Å². The molecule has 10 heavy (non-hydrogen) atoms. The SMILES string of the molecule is COc1ccc(Cl)cc1[SiH3]. The summed E-state index contributed by atoms with van der Waals surface area (Å²) in [6.45, 7) is 0. The van der Waals surface area contributed by atoms with E-state index < -0.39 is 0 Å². The van der Waals surface area contributed by atoms with Crippen molar-refractivity contribution in [3.05, 3.63) is 23.2 Å². The molecule has 0 saturated heterocycles. The number of benzene rings is 1. The smallest absolute Gasteiger partial charge is 0.117 e. The molecule has 3 heteroatoms. The predicted molar refractivity (Wildman–Crippen MR) is 47.6 cm³/mol. The molecule has 1 nitrogen and oxygen atoms in total. The lowest BCUT2D eigenvalue weighted by Crippen LogP contribution is -2.05. The highest BCUT2D eigenvalue weighted by Gasteiger charge is 1.95. The lowest BCUT2D eigenvalue weighted by Gasteiger charge is -2.02. The van der Waals surface area contributed by atoms with Crippen LogP contribution in [0.2, 0.25) is 5.02 Å². The second kappa shape index (κ2) is 3.08. The minimum absolute atomic E-state index is 0.783. The lowest BCUT2D eigenvalue weighted by atomic mass is 10.3. The van der Waals surface area contributed by atoms with E-state index >= 15 is 0 Å². The molecule has 0 unspecified atom stereocenters. The van der Waals surface area contributed by atoms with E-state index in [0.29, 0.717) is 0 Å². The Morgan fingerprint density at radius 2 is 2.20 bits per heavy atom. The molecule has 0 aliphatic carbocycles. The van der Waals surface area contributed by atoms with Crippen LogP contribution in [0.5, 0.6) is 5.75 Å². The van der Waals surface area contributed by atoms with Crippen LogP contribution in [0.1, 0.15) is 0 Å². The molecule has 0 aliphatic rings. The second-order valence-corrected chi connectivity index (χ2v) is 3.63. The van der Waals surface area contributed by atoms with Crippen molar-refractivity contribution in [2.45, 2.75) is 0 Å². The van der Waals surface area contributed by atoms with Gasteiger partial charge in [0.15, 0.2) is 0 Å². The van der Waals surface area contributed by atoms with Gasteiger partial charge in [0, 0.05) is 15.3 Å². The summed E-state index contributed by atoms with van der Waals surface area (Å²) in [5.41, 5.74) is 0. The second-order valence-electron chi connectivity index (χ2n) is 2.11. The number of hydrogen-bond donors (Lipinski definition) is 0. The maximum Gasteiger partial charge on any atom is 0.117 e. The van der Waals surface area contributed by atoms with Crippen LogP contribution >= 0.6 is 11.6 Å². The third-order valence-electron chi connectivity index (χ3n) is 1.36. The minimum atomic E-state index is 0.783. The van der Waals surface area contributed by atoms with Crippen molar-refractivity contribution in [3.8, 4) is 5.75 Å². The molecule has 1 rings (SSSR count). The van der Waals surface area contributed by atoms with E-state index in [1.165, 1.54) is 5.19 Å². The predicted octanol–water partition coefficient (Wildman–Crippen LogP) is 0.339. The molecule has 0 heterocycles. The molecule has 1 aromatic rings. The Morgan fingerprint density at radius 3 is 2.70 bits per heavy atom. The van der Waals surface area contributed by atoms with Gasteiger partial charge in [-0.25, -0.2) is 0 Å². The summed E-state index contributed by atoms with van der Waals surface area (Å²) < 4.78 is 5.08. The number of rotatable bonds is 1. The van der Waals surface area contributed by atoms with Crippen LogP contribution in [-0.2, 0) is 0 Å². The molecule has 0 fully saturated rings. The third-order valence-corrected chi connectivity index (χ3v) is 2.37. The Hall–Kier alpha value is -0.473.